The van der Waals surface area contributed by atoms with Crippen molar-refractivity contribution in [3.63, 3.8) is 0 Å². The Hall–Kier alpha value is -2.83. The lowest BCUT2D eigenvalue weighted by Crippen LogP contribution is -2.54. The van der Waals surface area contributed by atoms with Crippen molar-refractivity contribution in [2.24, 2.45) is 11.7 Å². The zero-order valence-corrected chi connectivity index (χ0v) is 19.1. The minimum absolute atomic E-state index is 0.115. The number of nitrogens with zero attached hydrogens (tertiary/aromatic N) is 1. The highest BCUT2D eigenvalue weighted by molar-refractivity contribution is 5.95. The van der Waals surface area contributed by atoms with Crippen LogP contribution in [0.25, 0.3) is 0 Å². The summed E-state index contributed by atoms with van der Waals surface area (Å²) >= 11 is 0. The number of rotatable bonds is 5. The van der Waals surface area contributed by atoms with E-state index in [4.69, 9.17) is 19.9 Å². The first kappa shape index (κ1) is 25.3. The Morgan fingerprint density at radius 3 is 2.43 bits per heavy atom. The Kier molecular flexibility index (Phi) is 6.27. The summed E-state index contributed by atoms with van der Waals surface area (Å²) in [4.78, 5) is 17.4. The summed E-state index contributed by atoms with van der Waals surface area (Å²) in [7, 11) is 1.06. The number of hydrogen-bond donors (Lipinski definition) is 2. The third-order valence-corrected chi connectivity index (χ3v) is 6.83. The summed E-state index contributed by atoms with van der Waals surface area (Å²) in [6, 6.07) is 4.95. The van der Waals surface area contributed by atoms with Crippen LogP contribution in [0.3, 0.4) is 0 Å². The van der Waals surface area contributed by atoms with E-state index in [1.807, 2.05) is 0 Å². The third-order valence-electron chi connectivity index (χ3n) is 6.83. The number of hydrogen-bond acceptors (Lipinski definition) is 6. The Labute approximate surface area is 197 Å². The summed E-state index contributed by atoms with van der Waals surface area (Å²) in [6.07, 6.45) is -5.24. The van der Waals surface area contributed by atoms with Crippen molar-refractivity contribution in [3.05, 3.63) is 53.4 Å². The van der Waals surface area contributed by atoms with Gasteiger partial charge < -0.3 is 25.3 Å². The van der Waals surface area contributed by atoms with Gasteiger partial charge in [0, 0.05) is 17.4 Å². The number of amides is 1. The van der Waals surface area contributed by atoms with Crippen LogP contribution < -0.4 is 15.8 Å². The number of alkyl halides is 3. The number of methoxy groups -OCH3 is 1. The summed E-state index contributed by atoms with van der Waals surface area (Å²) in [5.74, 6) is -6.77. The molecule has 3 heterocycles. The number of aromatic nitrogens is 1. The van der Waals surface area contributed by atoms with Gasteiger partial charge in [-0.2, -0.15) is 17.6 Å². The Balaban J connectivity index is 1.68. The van der Waals surface area contributed by atoms with Crippen molar-refractivity contribution >= 4 is 11.6 Å². The second-order valence-corrected chi connectivity index (χ2v) is 9.01. The van der Waals surface area contributed by atoms with Gasteiger partial charge in [-0.05, 0) is 25.1 Å². The lowest BCUT2D eigenvalue weighted by Gasteiger charge is -2.37. The average molecular weight is 501 g/mol. The normalized spacial score (nSPS) is 27.9. The van der Waals surface area contributed by atoms with E-state index in [1.165, 1.54) is 19.2 Å². The molecule has 2 aliphatic heterocycles. The summed E-state index contributed by atoms with van der Waals surface area (Å²) in [5, 5.41) is 2.50. The molecule has 3 N–H and O–H groups in total. The number of halogens is 5. The summed E-state index contributed by atoms with van der Waals surface area (Å²) in [5.41, 5.74) is 3.24. The largest absolute Gasteiger partial charge is 0.493 e. The van der Waals surface area contributed by atoms with E-state index < -0.39 is 58.5 Å². The van der Waals surface area contributed by atoms with Crippen LogP contribution in [0.4, 0.5) is 27.6 Å². The molecular formula is C23H24F5N3O4. The quantitative estimate of drug-likeness (QED) is 0.608. The number of ether oxygens (including phenoxy) is 3. The molecule has 0 radical (unpaired) electrons. The highest BCUT2D eigenvalue weighted by atomic mass is 19.4. The summed E-state index contributed by atoms with van der Waals surface area (Å²) in [6.45, 7) is 2.63. The smallest absolute Gasteiger partial charge is 0.417 e. The number of carbonyl (C=O) groups is 1. The maximum absolute atomic E-state index is 14.4. The van der Waals surface area contributed by atoms with Crippen LogP contribution in [0.2, 0.25) is 0 Å². The second kappa shape index (κ2) is 8.68. The maximum atomic E-state index is 14.4. The van der Waals surface area contributed by atoms with E-state index in [0.29, 0.717) is 5.69 Å². The van der Waals surface area contributed by atoms with Crippen molar-refractivity contribution in [2.45, 2.75) is 43.2 Å². The van der Waals surface area contributed by atoms with Crippen LogP contribution in [-0.4, -0.2) is 49.1 Å². The molecule has 2 aliphatic rings. The van der Waals surface area contributed by atoms with Gasteiger partial charge in [-0.15, -0.1) is 0 Å². The first-order valence-electron chi connectivity index (χ1n) is 10.7. The molecule has 1 amide bonds. The van der Waals surface area contributed by atoms with Crippen LogP contribution in [0.1, 0.15) is 31.0 Å². The molecule has 12 heteroatoms. The third kappa shape index (κ3) is 4.13. The number of carbonyl (C=O) groups excluding carboxylic acids is 1. The van der Waals surface area contributed by atoms with Crippen molar-refractivity contribution in [1.29, 1.82) is 0 Å². The first-order valence-corrected chi connectivity index (χ1v) is 10.7. The number of pyridine rings is 1. The SMILES string of the molecule is COc1c([C@H]2[C@H](C(=O)Nc3ccc(C4(N)COC4)nc3)O[C@@](C)(C(F)(F)F)[C@H]2C)ccc(F)c1F. The molecule has 4 atom stereocenters. The minimum Gasteiger partial charge on any atom is -0.493 e. The molecule has 2 fully saturated rings. The number of nitrogens with one attached hydrogen (secondary N) is 1. The second-order valence-electron chi connectivity index (χ2n) is 9.01. The van der Waals surface area contributed by atoms with Gasteiger partial charge in [-0.1, -0.05) is 13.0 Å². The van der Waals surface area contributed by atoms with Crippen LogP contribution in [0.15, 0.2) is 30.5 Å². The van der Waals surface area contributed by atoms with E-state index in [2.05, 4.69) is 10.3 Å². The number of benzene rings is 1. The van der Waals surface area contributed by atoms with E-state index >= 15 is 0 Å². The summed E-state index contributed by atoms with van der Waals surface area (Å²) < 4.78 is 85.7. The lowest BCUT2D eigenvalue weighted by atomic mass is 9.77. The van der Waals surface area contributed by atoms with E-state index in [9.17, 15) is 26.7 Å². The van der Waals surface area contributed by atoms with E-state index in [0.717, 1.165) is 26.2 Å². The molecule has 4 rings (SSSR count). The molecular weight excluding hydrogens is 477 g/mol. The maximum Gasteiger partial charge on any atom is 0.417 e. The fourth-order valence-electron chi connectivity index (χ4n) is 4.49. The van der Waals surface area contributed by atoms with Crippen molar-refractivity contribution in [3.8, 4) is 5.75 Å². The number of anilines is 1. The van der Waals surface area contributed by atoms with Crippen LogP contribution >= 0.6 is 0 Å². The molecule has 0 bridgehead atoms. The molecule has 0 spiro atoms. The lowest BCUT2D eigenvalue weighted by molar-refractivity contribution is -0.272. The molecule has 0 unspecified atom stereocenters. The van der Waals surface area contributed by atoms with Gasteiger partial charge >= 0.3 is 6.18 Å². The zero-order chi connectivity index (χ0) is 25.8. The molecule has 2 aromatic rings. The van der Waals surface area contributed by atoms with Crippen LogP contribution in [0, 0.1) is 17.6 Å². The highest BCUT2D eigenvalue weighted by Crippen LogP contribution is 2.55. The van der Waals surface area contributed by atoms with Gasteiger partial charge in [0.25, 0.3) is 5.91 Å². The number of nitrogens with two attached hydrogens (primary N) is 1. The van der Waals surface area contributed by atoms with Crippen molar-refractivity contribution < 1.29 is 41.0 Å². The molecule has 2 saturated heterocycles. The van der Waals surface area contributed by atoms with Gasteiger partial charge in [0.1, 0.15) is 11.6 Å². The molecule has 35 heavy (non-hydrogen) atoms. The van der Waals surface area contributed by atoms with Gasteiger partial charge in [-0.25, -0.2) is 4.39 Å². The average Bonchev–Trinajstić information content (AvgIpc) is 3.06. The highest BCUT2D eigenvalue weighted by Gasteiger charge is 2.66. The Bertz CT molecular complexity index is 1120. The Morgan fingerprint density at radius 2 is 1.91 bits per heavy atom. The minimum atomic E-state index is -4.85. The van der Waals surface area contributed by atoms with Crippen LogP contribution in [0.5, 0.6) is 5.75 Å². The fraction of sp³-hybridized carbons (Fsp3) is 0.478. The standard InChI is InChI=1S/C23H24F5N3O4/c1-11-16(13-5-6-14(24)17(25)18(13)33-3)19(35-21(11,2)23(26,27)28)20(32)31-12-4-7-15(30-8-12)22(29)9-34-10-22/h4-8,11,16,19H,9-10,29H2,1-3H3,(H,31,32)/t11-,16-,19+,21+/m0/s1. The molecule has 0 aliphatic carbocycles. The van der Waals surface area contributed by atoms with Crippen molar-refractivity contribution in [1.82, 2.24) is 4.98 Å². The zero-order valence-electron chi connectivity index (χ0n) is 19.1. The predicted molar refractivity (Wildman–Crippen MR) is 114 cm³/mol. The molecule has 1 aromatic heterocycles. The monoisotopic (exact) mass is 501 g/mol. The van der Waals surface area contributed by atoms with E-state index in [1.54, 1.807) is 6.07 Å². The van der Waals surface area contributed by atoms with Gasteiger partial charge in [0.15, 0.2) is 17.2 Å². The topological polar surface area (TPSA) is 95.7 Å². The van der Waals surface area contributed by atoms with E-state index in [-0.39, 0.29) is 24.5 Å². The van der Waals surface area contributed by atoms with Crippen molar-refractivity contribution in [2.75, 3.05) is 25.6 Å². The Morgan fingerprint density at radius 1 is 1.23 bits per heavy atom. The van der Waals surface area contributed by atoms with Gasteiger partial charge in [0.2, 0.25) is 5.82 Å². The van der Waals surface area contributed by atoms with Crippen LogP contribution in [-0.2, 0) is 19.8 Å². The van der Waals surface area contributed by atoms with Gasteiger partial charge in [-0.3, -0.25) is 9.78 Å². The predicted octanol–water partition coefficient (Wildman–Crippen LogP) is 3.63. The molecule has 0 saturated carbocycles. The van der Waals surface area contributed by atoms with Gasteiger partial charge in [0.05, 0.1) is 37.9 Å². The fourth-order valence-corrected chi connectivity index (χ4v) is 4.49. The molecule has 190 valence electrons. The molecule has 7 nitrogen and oxygen atoms in total. The molecule has 1 aromatic carbocycles. The first-order chi connectivity index (χ1) is 16.3.